The van der Waals surface area contributed by atoms with Crippen molar-refractivity contribution in [2.75, 3.05) is 0 Å². The molecule has 0 spiro atoms. The fourth-order valence-electron chi connectivity index (χ4n) is 1.00. The number of nitro groups is 1. The molecule has 2 N–H and O–H groups in total. The van der Waals surface area contributed by atoms with Crippen molar-refractivity contribution in [1.82, 2.24) is 0 Å². The largest absolute Gasteiger partial charge is 0.289 e. The standard InChI is InChI=1S/C7H8N2O4S/c1-5-2-3-6(9(10)11)7(4-5)14(8,12)13/h2-4H,1H3,(H2,8,12,13). The molecule has 0 saturated heterocycles. The number of benzene rings is 1. The molecule has 0 amide bonds. The van der Waals surface area contributed by atoms with E-state index in [2.05, 4.69) is 0 Å². The SMILES string of the molecule is Cc1ccc([N+](=O)[O-])c(S(N)(=O)=O)c1. The van der Waals surface area contributed by atoms with Gasteiger partial charge in [-0.05, 0) is 18.6 Å². The molecule has 0 aliphatic rings. The topological polar surface area (TPSA) is 103 Å². The molecule has 1 aromatic carbocycles. The molecular formula is C7H8N2O4S. The van der Waals surface area contributed by atoms with E-state index in [-0.39, 0.29) is 0 Å². The van der Waals surface area contributed by atoms with E-state index in [9.17, 15) is 18.5 Å². The first kappa shape index (κ1) is 10.6. The second-order valence-electron chi connectivity index (χ2n) is 2.77. The minimum absolute atomic E-state index is 0.456. The Bertz CT molecular complexity index is 480. The van der Waals surface area contributed by atoms with E-state index in [0.29, 0.717) is 5.56 Å². The minimum atomic E-state index is -4.04. The second-order valence-corrected chi connectivity index (χ2v) is 4.30. The van der Waals surface area contributed by atoms with Crippen LogP contribution in [0.3, 0.4) is 0 Å². The summed E-state index contributed by atoms with van der Waals surface area (Å²) in [5.41, 5.74) is 0.0951. The lowest BCUT2D eigenvalue weighted by Crippen LogP contribution is -2.14. The van der Waals surface area contributed by atoms with Crippen LogP contribution in [0, 0.1) is 17.0 Å². The van der Waals surface area contributed by atoms with E-state index in [4.69, 9.17) is 5.14 Å². The summed E-state index contributed by atoms with van der Waals surface area (Å²) < 4.78 is 22.0. The van der Waals surface area contributed by atoms with Gasteiger partial charge in [-0.2, -0.15) is 0 Å². The van der Waals surface area contributed by atoms with E-state index >= 15 is 0 Å². The van der Waals surface area contributed by atoms with Crippen molar-refractivity contribution in [2.24, 2.45) is 5.14 Å². The molecule has 7 heteroatoms. The predicted molar refractivity (Wildman–Crippen MR) is 49.2 cm³/mol. The summed E-state index contributed by atoms with van der Waals surface area (Å²) in [6.07, 6.45) is 0. The molecule has 0 aliphatic heterocycles. The molecule has 0 unspecified atom stereocenters. The Morgan fingerprint density at radius 1 is 1.43 bits per heavy atom. The van der Waals surface area contributed by atoms with Crippen LogP contribution in [0.25, 0.3) is 0 Å². The van der Waals surface area contributed by atoms with Gasteiger partial charge in [-0.3, -0.25) is 10.1 Å². The Hall–Kier alpha value is -1.47. The molecule has 0 aromatic heterocycles. The normalized spacial score (nSPS) is 11.3. The molecule has 1 aromatic rings. The van der Waals surface area contributed by atoms with E-state index in [1.54, 1.807) is 6.92 Å². The van der Waals surface area contributed by atoms with Crippen LogP contribution in [0.1, 0.15) is 5.56 Å². The Morgan fingerprint density at radius 3 is 2.43 bits per heavy atom. The van der Waals surface area contributed by atoms with E-state index < -0.39 is 25.5 Å². The Labute approximate surface area is 80.5 Å². The van der Waals surface area contributed by atoms with Gasteiger partial charge in [0.2, 0.25) is 10.0 Å². The van der Waals surface area contributed by atoms with Gasteiger partial charge < -0.3 is 0 Å². The summed E-state index contributed by atoms with van der Waals surface area (Å²) >= 11 is 0. The number of primary sulfonamides is 1. The molecule has 14 heavy (non-hydrogen) atoms. The summed E-state index contributed by atoms with van der Waals surface area (Å²) in [6.45, 7) is 1.62. The molecule has 0 aliphatic carbocycles. The quantitative estimate of drug-likeness (QED) is 0.575. The summed E-state index contributed by atoms with van der Waals surface area (Å²) in [7, 11) is -4.04. The number of nitrogens with two attached hydrogens (primary N) is 1. The smallest absolute Gasteiger partial charge is 0.258 e. The van der Waals surface area contributed by atoms with Gasteiger partial charge in [-0.25, -0.2) is 13.6 Å². The van der Waals surface area contributed by atoms with Crippen LogP contribution in [0.2, 0.25) is 0 Å². The highest BCUT2D eigenvalue weighted by molar-refractivity contribution is 7.89. The maximum atomic E-state index is 11.0. The lowest BCUT2D eigenvalue weighted by Gasteiger charge is -2.00. The maximum Gasteiger partial charge on any atom is 0.289 e. The van der Waals surface area contributed by atoms with Crippen molar-refractivity contribution in [3.05, 3.63) is 33.9 Å². The third kappa shape index (κ3) is 2.06. The molecule has 76 valence electrons. The summed E-state index contributed by atoms with van der Waals surface area (Å²) in [4.78, 5) is 9.23. The highest BCUT2D eigenvalue weighted by atomic mass is 32.2. The number of nitro benzene ring substituents is 1. The molecule has 0 radical (unpaired) electrons. The molecule has 0 saturated carbocycles. The lowest BCUT2D eigenvalue weighted by molar-refractivity contribution is -0.387. The van der Waals surface area contributed by atoms with Crippen LogP contribution in [-0.2, 0) is 10.0 Å². The van der Waals surface area contributed by atoms with Gasteiger partial charge in [-0.1, -0.05) is 6.07 Å². The van der Waals surface area contributed by atoms with Crippen molar-refractivity contribution in [2.45, 2.75) is 11.8 Å². The monoisotopic (exact) mass is 216 g/mol. The summed E-state index contributed by atoms with van der Waals surface area (Å²) in [6, 6.07) is 3.75. The van der Waals surface area contributed by atoms with E-state index in [1.165, 1.54) is 12.1 Å². The Balaban J connectivity index is 3.54. The van der Waals surface area contributed by atoms with Crippen LogP contribution in [0.15, 0.2) is 23.1 Å². The van der Waals surface area contributed by atoms with Gasteiger partial charge in [-0.15, -0.1) is 0 Å². The van der Waals surface area contributed by atoms with Crippen molar-refractivity contribution in [3.8, 4) is 0 Å². The number of aryl methyl sites for hydroxylation is 1. The van der Waals surface area contributed by atoms with Crippen molar-refractivity contribution < 1.29 is 13.3 Å². The first-order valence-corrected chi connectivity index (χ1v) is 5.15. The molecule has 0 bridgehead atoms. The molecule has 6 nitrogen and oxygen atoms in total. The van der Waals surface area contributed by atoms with E-state index in [1.807, 2.05) is 0 Å². The van der Waals surface area contributed by atoms with E-state index in [0.717, 1.165) is 6.07 Å². The first-order chi connectivity index (χ1) is 6.32. The van der Waals surface area contributed by atoms with Crippen molar-refractivity contribution >= 4 is 15.7 Å². The average molecular weight is 216 g/mol. The summed E-state index contributed by atoms with van der Waals surface area (Å²) in [5.74, 6) is 0. The average Bonchev–Trinajstić information content (AvgIpc) is 2.01. The number of nitrogens with zero attached hydrogens (tertiary/aromatic N) is 1. The van der Waals surface area contributed by atoms with Gasteiger partial charge in [0.25, 0.3) is 5.69 Å². The Kier molecular flexibility index (Phi) is 2.54. The molecule has 0 atom stereocenters. The van der Waals surface area contributed by atoms with Crippen LogP contribution < -0.4 is 5.14 Å². The molecule has 0 fully saturated rings. The van der Waals surface area contributed by atoms with Gasteiger partial charge >= 0.3 is 0 Å². The fourth-order valence-corrected chi connectivity index (χ4v) is 1.78. The third-order valence-corrected chi connectivity index (χ3v) is 2.56. The second kappa shape index (κ2) is 3.35. The zero-order valence-corrected chi connectivity index (χ0v) is 8.11. The summed E-state index contributed by atoms with van der Waals surface area (Å²) in [5, 5.41) is 15.3. The number of hydrogen-bond acceptors (Lipinski definition) is 4. The van der Waals surface area contributed by atoms with Gasteiger partial charge in [0, 0.05) is 6.07 Å². The Morgan fingerprint density at radius 2 is 2.00 bits per heavy atom. The van der Waals surface area contributed by atoms with Crippen molar-refractivity contribution in [1.29, 1.82) is 0 Å². The fraction of sp³-hybridized carbons (Fsp3) is 0.143. The predicted octanol–water partition coefficient (Wildman–Crippen LogP) is 0.551. The van der Waals surface area contributed by atoms with Gasteiger partial charge in [0.15, 0.2) is 4.90 Å². The van der Waals surface area contributed by atoms with Crippen LogP contribution >= 0.6 is 0 Å². The maximum absolute atomic E-state index is 11.0. The first-order valence-electron chi connectivity index (χ1n) is 3.60. The van der Waals surface area contributed by atoms with Gasteiger partial charge in [0.1, 0.15) is 0 Å². The minimum Gasteiger partial charge on any atom is -0.258 e. The van der Waals surface area contributed by atoms with Crippen LogP contribution in [0.4, 0.5) is 5.69 Å². The number of rotatable bonds is 2. The number of sulfonamides is 1. The third-order valence-electron chi connectivity index (χ3n) is 1.62. The zero-order chi connectivity index (χ0) is 10.9. The highest BCUT2D eigenvalue weighted by Crippen LogP contribution is 2.23. The lowest BCUT2D eigenvalue weighted by atomic mass is 10.2. The molecule has 0 heterocycles. The molecular weight excluding hydrogens is 208 g/mol. The number of hydrogen-bond donors (Lipinski definition) is 1. The zero-order valence-electron chi connectivity index (χ0n) is 7.30. The van der Waals surface area contributed by atoms with Crippen LogP contribution in [0.5, 0.6) is 0 Å². The molecule has 1 rings (SSSR count). The highest BCUT2D eigenvalue weighted by Gasteiger charge is 2.22. The van der Waals surface area contributed by atoms with Crippen molar-refractivity contribution in [3.63, 3.8) is 0 Å². The van der Waals surface area contributed by atoms with Crippen LogP contribution in [-0.4, -0.2) is 13.3 Å². The van der Waals surface area contributed by atoms with Gasteiger partial charge in [0.05, 0.1) is 4.92 Å².